The Kier molecular flexibility index (Phi) is 5.30. The lowest BCUT2D eigenvalue weighted by Gasteiger charge is -2.03. The molecule has 25 heavy (non-hydrogen) atoms. The van der Waals surface area contributed by atoms with Crippen LogP contribution >= 0.6 is 33.9 Å². The molecule has 0 bridgehead atoms. The molecule has 0 aliphatic carbocycles. The summed E-state index contributed by atoms with van der Waals surface area (Å²) in [7, 11) is -3.74. The SMILES string of the molecule is O=C(Nc1nnc(NS(=O)(=O)c2ccccc2)s1)c1cccc(I)c1. The largest absolute Gasteiger partial charge is 0.296 e. The molecule has 1 amide bonds. The number of anilines is 2. The summed E-state index contributed by atoms with van der Waals surface area (Å²) >= 11 is 3.05. The molecule has 0 fully saturated rings. The van der Waals surface area contributed by atoms with Gasteiger partial charge < -0.3 is 0 Å². The molecule has 2 aromatic carbocycles. The Hall–Kier alpha value is -2.05. The van der Waals surface area contributed by atoms with Crippen LogP contribution < -0.4 is 10.0 Å². The third kappa shape index (κ3) is 4.52. The molecule has 3 aromatic rings. The molecule has 0 unspecified atom stereocenters. The minimum absolute atomic E-state index is 0.0711. The van der Waals surface area contributed by atoms with Crippen molar-refractivity contribution >= 4 is 60.1 Å². The predicted molar refractivity (Wildman–Crippen MR) is 104 cm³/mol. The summed E-state index contributed by atoms with van der Waals surface area (Å²) in [5.74, 6) is -0.341. The first-order chi connectivity index (χ1) is 11.9. The third-order valence-electron chi connectivity index (χ3n) is 3.01. The van der Waals surface area contributed by atoms with Crippen LogP contribution in [0.1, 0.15) is 10.4 Å². The van der Waals surface area contributed by atoms with Crippen molar-refractivity contribution < 1.29 is 13.2 Å². The van der Waals surface area contributed by atoms with E-state index in [9.17, 15) is 13.2 Å². The number of nitrogens with one attached hydrogen (secondary N) is 2. The number of carbonyl (C=O) groups is 1. The van der Waals surface area contributed by atoms with E-state index in [0.717, 1.165) is 14.9 Å². The van der Waals surface area contributed by atoms with Crippen LogP contribution in [0.2, 0.25) is 0 Å². The van der Waals surface area contributed by atoms with Crippen molar-refractivity contribution in [2.24, 2.45) is 0 Å². The van der Waals surface area contributed by atoms with Gasteiger partial charge in [0.25, 0.3) is 15.9 Å². The van der Waals surface area contributed by atoms with Gasteiger partial charge in [-0.25, -0.2) is 8.42 Å². The van der Waals surface area contributed by atoms with E-state index in [2.05, 4.69) is 42.8 Å². The maximum Gasteiger partial charge on any atom is 0.263 e. The number of aromatic nitrogens is 2. The number of hydrogen-bond acceptors (Lipinski definition) is 6. The van der Waals surface area contributed by atoms with Crippen LogP contribution in [0.15, 0.2) is 59.5 Å². The van der Waals surface area contributed by atoms with Crippen molar-refractivity contribution in [3.05, 3.63) is 63.7 Å². The highest BCUT2D eigenvalue weighted by atomic mass is 127. The average molecular weight is 486 g/mol. The number of rotatable bonds is 5. The minimum Gasteiger partial charge on any atom is -0.296 e. The van der Waals surface area contributed by atoms with E-state index in [1.165, 1.54) is 12.1 Å². The molecule has 0 saturated carbocycles. The highest BCUT2D eigenvalue weighted by Crippen LogP contribution is 2.23. The Morgan fingerprint density at radius 2 is 1.72 bits per heavy atom. The standard InChI is InChI=1S/C15H11IN4O3S2/c16-11-6-4-5-10(9-11)13(21)17-14-18-19-15(24-14)20-25(22,23)12-7-2-1-3-8-12/h1-9H,(H,19,20)(H,17,18,21). The number of amides is 1. The van der Waals surface area contributed by atoms with Gasteiger partial charge in [0.2, 0.25) is 10.3 Å². The van der Waals surface area contributed by atoms with Gasteiger partial charge in [-0.1, -0.05) is 35.6 Å². The monoisotopic (exact) mass is 486 g/mol. The maximum atomic E-state index is 12.2. The molecule has 10 heteroatoms. The summed E-state index contributed by atoms with van der Waals surface area (Å²) < 4.78 is 27.7. The number of benzene rings is 2. The van der Waals surface area contributed by atoms with E-state index >= 15 is 0 Å². The van der Waals surface area contributed by atoms with Gasteiger partial charge in [-0.2, -0.15) is 0 Å². The first-order valence-electron chi connectivity index (χ1n) is 6.92. The Morgan fingerprint density at radius 3 is 2.44 bits per heavy atom. The lowest BCUT2D eigenvalue weighted by molar-refractivity contribution is 0.102. The highest BCUT2D eigenvalue weighted by Gasteiger charge is 2.17. The average Bonchev–Trinajstić information content (AvgIpc) is 3.02. The molecule has 0 spiro atoms. The van der Waals surface area contributed by atoms with Crippen molar-refractivity contribution in [2.75, 3.05) is 10.0 Å². The number of nitrogens with zero attached hydrogens (tertiary/aromatic N) is 2. The molecule has 0 saturated heterocycles. The van der Waals surface area contributed by atoms with Gasteiger partial charge in [0.15, 0.2) is 0 Å². The fourth-order valence-electron chi connectivity index (χ4n) is 1.89. The number of halogens is 1. The molecule has 0 radical (unpaired) electrons. The third-order valence-corrected chi connectivity index (χ3v) is 5.92. The predicted octanol–water partition coefficient (Wildman–Crippen LogP) is 3.20. The molecular weight excluding hydrogens is 475 g/mol. The number of sulfonamides is 1. The Balaban J connectivity index is 1.72. The summed E-state index contributed by atoms with van der Waals surface area (Å²) in [5.41, 5.74) is 0.480. The molecule has 7 nitrogen and oxygen atoms in total. The van der Waals surface area contributed by atoms with Gasteiger partial charge in [0, 0.05) is 9.13 Å². The molecule has 0 aliphatic rings. The number of hydrogen-bond donors (Lipinski definition) is 2. The van der Waals surface area contributed by atoms with Crippen molar-refractivity contribution in [1.82, 2.24) is 10.2 Å². The molecule has 2 N–H and O–H groups in total. The highest BCUT2D eigenvalue weighted by molar-refractivity contribution is 14.1. The van der Waals surface area contributed by atoms with E-state index in [4.69, 9.17) is 0 Å². The second-order valence-electron chi connectivity index (χ2n) is 4.80. The first kappa shape index (κ1) is 17.8. The Bertz CT molecular complexity index is 1010. The van der Waals surface area contributed by atoms with Crippen molar-refractivity contribution in [3.8, 4) is 0 Å². The minimum atomic E-state index is -3.74. The fraction of sp³-hybridized carbons (Fsp3) is 0. The second-order valence-corrected chi connectivity index (χ2v) is 8.70. The van der Waals surface area contributed by atoms with Gasteiger partial charge in [-0.05, 0) is 52.9 Å². The van der Waals surface area contributed by atoms with Crippen LogP contribution in [0.25, 0.3) is 0 Å². The van der Waals surface area contributed by atoms with E-state index < -0.39 is 10.0 Å². The quantitative estimate of drug-likeness (QED) is 0.540. The van der Waals surface area contributed by atoms with Gasteiger partial charge in [0.1, 0.15) is 0 Å². The van der Waals surface area contributed by atoms with Crippen LogP contribution in [-0.2, 0) is 10.0 Å². The summed E-state index contributed by atoms with van der Waals surface area (Å²) in [4.78, 5) is 12.3. The summed E-state index contributed by atoms with van der Waals surface area (Å²) in [5, 5.41) is 10.4. The van der Waals surface area contributed by atoms with Gasteiger partial charge in [0.05, 0.1) is 4.90 Å². The molecule has 0 aliphatic heterocycles. The molecule has 3 rings (SSSR count). The van der Waals surface area contributed by atoms with Crippen molar-refractivity contribution in [1.29, 1.82) is 0 Å². The summed E-state index contributed by atoms with van der Waals surface area (Å²) in [6, 6.07) is 15.0. The maximum absolute atomic E-state index is 12.2. The van der Waals surface area contributed by atoms with Crippen LogP contribution in [0.5, 0.6) is 0 Å². The zero-order chi connectivity index (χ0) is 17.9. The Morgan fingerprint density at radius 1 is 1.00 bits per heavy atom. The molecule has 128 valence electrons. The van der Waals surface area contributed by atoms with Gasteiger partial charge >= 0.3 is 0 Å². The summed E-state index contributed by atoms with van der Waals surface area (Å²) in [6.07, 6.45) is 0. The topological polar surface area (TPSA) is 101 Å². The molecular formula is C15H11IN4O3S2. The fourth-order valence-corrected chi connectivity index (χ4v) is 4.32. The number of carbonyl (C=O) groups excluding carboxylic acids is 1. The van der Waals surface area contributed by atoms with E-state index in [1.54, 1.807) is 36.4 Å². The molecule has 0 atom stereocenters. The zero-order valence-corrected chi connectivity index (χ0v) is 16.3. The lowest BCUT2D eigenvalue weighted by Crippen LogP contribution is -2.12. The normalized spacial score (nSPS) is 11.1. The van der Waals surface area contributed by atoms with Crippen LogP contribution in [0.4, 0.5) is 10.3 Å². The van der Waals surface area contributed by atoms with Crippen LogP contribution in [0.3, 0.4) is 0 Å². The molecule has 1 aromatic heterocycles. The van der Waals surface area contributed by atoms with Crippen molar-refractivity contribution in [3.63, 3.8) is 0 Å². The van der Waals surface area contributed by atoms with Crippen LogP contribution in [0, 0.1) is 3.57 Å². The smallest absolute Gasteiger partial charge is 0.263 e. The van der Waals surface area contributed by atoms with E-state index in [0.29, 0.717) is 5.56 Å². The van der Waals surface area contributed by atoms with E-state index in [-0.39, 0.29) is 21.1 Å². The van der Waals surface area contributed by atoms with Crippen LogP contribution in [-0.4, -0.2) is 24.5 Å². The zero-order valence-electron chi connectivity index (χ0n) is 12.5. The van der Waals surface area contributed by atoms with Crippen molar-refractivity contribution in [2.45, 2.75) is 4.90 Å². The first-order valence-corrected chi connectivity index (χ1v) is 10.3. The van der Waals surface area contributed by atoms with Gasteiger partial charge in [-0.3, -0.25) is 14.8 Å². The Labute approximate surface area is 161 Å². The van der Waals surface area contributed by atoms with E-state index in [1.807, 2.05) is 6.07 Å². The molecule has 1 heterocycles. The summed E-state index contributed by atoms with van der Waals surface area (Å²) in [6.45, 7) is 0. The lowest BCUT2D eigenvalue weighted by atomic mass is 10.2. The van der Waals surface area contributed by atoms with Gasteiger partial charge in [-0.15, -0.1) is 10.2 Å². The second kappa shape index (κ2) is 7.45.